The van der Waals surface area contributed by atoms with Crippen LogP contribution in [0.15, 0.2) is 30.3 Å². The highest BCUT2D eigenvalue weighted by molar-refractivity contribution is 5.27. The van der Waals surface area contributed by atoms with Crippen molar-refractivity contribution < 1.29 is 5.11 Å². The van der Waals surface area contributed by atoms with Crippen LogP contribution in [-0.2, 0) is 0 Å². The molecule has 1 aromatic carbocycles. The molecule has 2 N–H and O–H groups in total. The van der Waals surface area contributed by atoms with E-state index in [0.717, 1.165) is 19.4 Å². The molecule has 0 heterocycles. The third kappa shape index (κ3) is 2.53. The molecule has 0 aromatic heterocycles. The van der Waals surface area contributed by atoms with E-state index in [1.54, 1.807) is 0 Å². The lowest BCUT2D eigenvalue weighted by molar-refractivity contribution is 0.0473. The highest BCUT2D eigenvalue weighted by atomic mass is 16.3. The summed E-state index contributed by atoms with van der Waals surface area (Å²) in [5, 5.41) is 13.8. The number of hydrogen-bond donors (Lipinski definition) is 2. The summed E-state index contributed by atoms with van der Waals surface area (Å²) in [5.41, 5.74) is 1.02. The largest absolute Gasteiger partial charge is 0.389 e. The monoisotopic (exact) mass is 231 g/mol. The van der Waals surface area contributed by atoms with Crippen molar-refractivity contribution in [2.45, 2.75) is 49.7 Å². The fourth-order valence-electron chi connectivity index (χ4n) is 3.02. The van der Waals surface area contributed by atoms with Crippen molar-refractivity contribution >= 4 is 0 Å². The molecule has 92 valence electrons. The van der Waals surface area contributed by atoms with E-state index < -0.39 is 5.60 Å². The van der Waals surface area contributed by atoms with Gasteiger partial charge in [0.2, 0.25) is 0 Å². The summed E-state index contributed by atoms with van der Waals surface area (Å²) >= 11 is 0. The molecule has 0 aliphatic heterocycles. The molecule has 0 amide bonds. The summed E-state index contributed by atoms with van der Waals surface area (Å²) in [4.78, 5) is 0. The Morgan fingerprint density at radius 3 is 2.59 bits per heavy atom. The van der Waals surface area contributed by atoms with E-state index in [1.807, 2.05) is 0 Å². The zero-order valence-corrected chi connectivity index (χ0v) is 10.2. The van der Waals surface area contributed by atoms with Crippen molar-refractivity contribution in [1.82, 2.24) is 5.32 Å². The number of nitrogens with one attached hydrogen (secondary N) is 1. The van der Waals surface area contributed by atoms with E-state index in [0.29, 0.717) is 12.0 Å². The van der Waals surface area contributed by atoms with Gasteiger partial charge in [0, 0.05) is 18.5 Å². The topological polar surface area (TPSA) is 32.3 Å². The average molecular weight is 231 g/mol. The van der Waals surface area contributed by atoms with Crippen LogP contribution in [0.1, 0.15) is 43.6 Å². The van der Waals surface area contributed by atoms with Crippen LogP contribution in [0.5, 0.6) is 0 Å². The third-order valence-electron chi connectivity index (χ3n) is 4.25. The van der Waals surface area contributed by atoms with Gasteiger partial charge in [-0.1, -0.05) is 43.2 Å². The summed E-state index contributed by atoms with van der Waals surface area (Å²) in [6.45, 7) is 0.779. The Labute approximate surface area is 103 Å². The average Bonchev–Trinajstić information content (AvgIpc) is 3.03. The molecule has 0 bridgehead atoms. The van der Waals surface area contributed by atoms with Crippen LogP contribution in [0, 0.1) is 0 Å². The molecular weight excluding hydrogens is 210 g/mol. The fourth-order valence-corrected chi connectivity index (χ4v) is 3.02. The zero-order valence-electron chi connectivity index (χ0n) is 10.2. The molecule has 2 aliphatic carbocycles. The minimum atomic E-state index is -0.413. The molecule has 0 radical (unpaired) electrons. The quantitative estimate of drug-likeness (QED) is 0.834. The van der Waals surface area contributed by atoms with Crippen LogP contribution < -0.4 is 5.32 Å². The first-order chi connectivity index (χ1) is 8.27. The normalized spacial score (nSPS) is 30.4. The number of aliphatic hydroxyl groups is 1. The molecule has 2 aliphatic rings. The molecule has 2 unspecified atom stereocenters. The van der Waals surface area contributed by atoms with Gasteiger partial charge >= 0.3 is 0 Å². The Morgan fingerprint density at radius 2 is 1.88 bits per heavy atom. The van der Waals surface area contributed by atoms with Crippen molar-refractivity contribution in [2.24, 2.45) is 0 Å². The first-order valence-electron chi connectivity index (χ1n) is 6.78. The minimum absolute atomic E-state index is 0.413. The maximum atomic E-state index is 10.3. The smallest absolute Gasteiger partial charge is 0.0771 e. The summed E-state index contributed by atoms with van der Waals surface area (Å²) < 4.78 is 0. The van der Waals surface area contributed by atoms with Crippen molar-refractivity contribution in [3.05, 3.63) is 35.9 Å². The van der Waals surface area contributed by atoms with E-state index in [1.165, 1.54) is 24.8 Å². The van der Waals surface area contributed by atoms with E-state index in [2.05, 4.69) is 35.6 Å². The predicted molar refractivity (Wildman–Crippen MR) is 69.0 cm³/mol. The number of hydrogen-bond acceptors (Lipinski definition) is 2. The first kappa shape index (κ1) is 11.2. The highest BCUT2D eigenvalue weighted by Crippen LogP contribution is 2.41. The number of rotatable bonds is 4. The molecule has 0 spiro atoms. The van der Waals surface area contributed by atoms with Crippen LogP contribution in [0.3, 0.4) is 0 Å². The van der Waals surface area contributed by atoms with Crippen LogP contribution in [0.4, 0.5) is 0 Å². The predicted octanol–water partition coefficient (Wildman–Crippen LogP) is 2.44. The Kier molecular flexibility index (Phi) is 2.93. The molecule has 3 rings (SSSR count). The molecule has 2 fully saturated rings. The van der Waals surface area contributed by atoms with Gasteiger partial charge in [0.25, 0.3) is 0 Å². The van der Waals surface area contributed by atoms with Crippen molar-refractivity contribution in [2.75, 3.05) is 6.54 Å². The maximum absolute atomic E-state index is 10.3. The minimum Gasteiger partial charge on any atom is -0.389 e. The summed E-state index contributed by atoms with van der Waals surface area (Å²) in [6.07, 6.45) is 5.54. The Balaban J connectivity index is 1.50. The molecule has 0 saturated heterocycles. The van der Waals surface area contributed by atoms with Crippen molar-refractivity contribution in [3.8, 4) is 0 Å². The Hall–Kier alpha value is -0.860. The third-order valence-corrected chi connectivity index (χ3v) is 4.25. The summed E-state index contributed by atoms with van der Waals surface area (Å²) in [6, 6.07) is 11.3. The number of benzene rings is 1. The van der Waals surface area contributed by atoms with Gasteiger partial charge in [0.05, 0.1) is 5.60 Å². The van der Waals surface area contributed by atoms with Gasteiger partial charge in [0.15, 0.2) is 0 Å². The first-order valence-corrected chi connectivity index (χ1v) is 6.78. The Morgan fingerprint density at radius 1 is 1.18 bits per heavy atom. The molecule has 2 nitrogen and oxygen atoms in total. The molecule has 1 aromatic rings. The van der Waals surface area contributed by atoms with E-state index >= 15 is 0 Å². The highest BCUT2D eigenvalue weighted by Gasteiger charge is 2.40. The van der Waals surface area contributed by atoms with E-state index in [-0.39, 0.29) is 0 Å². The van der Waals surface area contributed by atoms with Gasteiger partial charge < -0.3 is 10.4 Å². The zero-order chi connectivity index (χ0) is 11.7. The maximum Gasteiger partial charge on any atom is 0.0771 e. The van der Waals surface area contributed by atoms with E-state index in [4.69, 9.17) is 0 Å². The van der Waals surface area contributed by atoms with Crippen LogP contribution >= 0.6 is 0 Å². The lowest BCUT2D eigenvalue weighted by Crippen LogP contribution is -2.39. The van der Waals surface area contributed by atoms with Crippen LogP contribution in [0.25, 0.3) is 0 Å². The summed E-state index contributed by atoms with van der Waals surface area (Å²) in [5.74, 6) is 0.668. The second-order valence-corrected chi connectivity index (χ2v) is 5.67. The second-order valence-electron chi connectivity index (χ2n) is 5.67. The standard InChI is InChI=1S/C15H21NO/c17-15(8-4-5-9-15)11-16-14-10-13(14)12-6-2-1-3-7-12/h1-3,6-7,13-14,16-17H,4-5,8-11H2. The van der Waals surface area contributed by atoms with Gasteiger partial charge in [-0.2, -0.15) is 0 Å². The molecule has 2 atom stereocenters. The van der Waals surface area contributed by atoms with Gasteiger partial charge in [-0.3, -0.25) is 0 Å². The van der Waals surface area contributed by atoms with Gasteiger partial charge in [-0.15, -0.1) is 0 Å². The lowest BCUT2D eigenvalue weighted by atomic mass is 10.0. The summed E-state index contributed by atoms with van der Waals surface area (Å²) in [7, 11) is 0. The molecule has 2 saturated carbocycles. The molecule has 17 heavy (non-hydrogen) atoms. The Bertz CT molecular complexity index is 370. The van der Waals surface area contributed by atoms with Crippen molar-refractivity contribution in [3.63, 3.8) is 0 Å². The van der Waals surface area contributed by atoms with E-state index in [9.17, 15) is 5.11 Å². The SMILES string of the molecule is OC1(CNC2CC2c2ccccc2)CCCC1. The van der Waals surface area contributed by atoms with Gasteiger partial charge in [-0.05, 0) is 24.8 Å². The second kappa shape index (κ2) is 4.43. The van der Waals surface area contributed by atoms with Gasteiger partial charge in [0.1, 0.15) is 0 Å². The molecular formula is C15H21NO. The molecule has 2 heteroatoms. The van der Waals surface area contributed by atoms with Crippen LogP contribution in [-0.4, -0.2) is 23.3 Å². The fraction of sp³-hybridized carbons (Fsp3) is 0.600. The van der Waals surface area contributed by atoms with Crippen LogP contribution in [0.2, 0.25) is 0 Å². The lowest BCUT2D eigenvalue weighted by Gasteiger charge is -2.22. The van der Waals surface area contributed by atoms with Gasteiger partial charge in [-0.25, -0.2) is 0 Å². The van der Waals surface area contributed by atoms with Crippen molar-refractivity contribution in [1.29, 1.82) is 0 Å².